The molecule has 1 aromatic heterocycles. The summed E-state index contributed by atoms with van der Waals surface area (Å²) in [4.78, 5) is -0.0511. The van der Waals surface area contributed by atoms with Crippen molar-refractivity contribution < 1.29 is 8.78 Å². The van der Waals surface area contributed by atoms with E-state index < -0.39 is 11.6 Å². The maximum absolute atomic E-state index is 13.4. The van der Waals surface area contributed by atoms with Gasteiger partial charge in [-0.25, -0.2) is 8.78 Å². The molecule has 0 saturated carbocycles. The molecule has 0 spiro atoms. The number of nitrogens with two attached hydrogens (primary N) is 1. The zero-order chi connectivity index (χ0) is 12.4. The third-order valence-electron chi connectivity index (χ3n) is 2.04. The Morgan fingerprint density at radius 3 is 2.53 bits per heavy atom. The van der Waals surface area contributed by atoms with E-state index in [0.29, 0.717) is 11.4 Å². The molecule has 0 amide bonds. The molecule has 17 heavy (non-hydrogen) atoms. The fourth-order valence-electron chi connectivity index (χ4n) is 1.32. The summed E-state index contributed by atoms with van der Waals surface area (Å²) in [5, 5.41) is 7.56. The third kappa shape index (κ3) is 2.73. The second-order valence-electron chi connectivity index (χ2n) is 3.49. The lowest BCUT2D eigenvalue weighted by Crippen LogP contribution is -1.93. The second-order valence-corrected chi connectivity index (χ2v) is 4.47. The number of aryl methyl sites for hydroxylation is 1. The summed E-state index contributed by atoms with van der Waals surface area (Å²) in [5.74, 6) is -0.959. The Morgan fingerprint density at radius 2 is 2.00 bits per heavy atom. The smallest absolute Gasteiger partial charge is 0.141 e. The van der Waals surface area contributed by atoms with E-state index >= 15 is 0 Å². The minimum atomic E-state index is -0.656. The molecule has 2 N–H and O–H groups in total. The predicted molar refractivity (Wildman–Crippen MR) is 61.3 cm³/mol. The minimum Gasteiger partial charge on any atom is -0.399 e. The van der Waals surface area contributed by atoms with E-state index in [0.717, 1.165) is 23.9 Å². The van der Waals surface area contributed by atoms with Crippen molar-refractivity contribution in [2.75, 3.05) is 5.73 Å². The number of thioether (sulfide) groups is 1. The summed E-state index contributed by atoms with van der Waals surface area (Å²) in [6.45, 7) is 0. The Balaban J connectivity index is 2.14. The van der Waals surface area contributed by atoms with Gasteiger partial charge in [-0.2, -0.15) is 0 Å². The molecule has 1 aromatic carbocycles. The van der Waals surface area contributed by atoms with Crippen LogP contribution in [0.5, 0.6) is 0 Å². The van der Waals surface area contributed by atoms with Crippen LogP contribution in [-0.2, 0) is 12.8 Å². The first kappa shape index (κ1) is 11.8. The average molecular weight is 256 g/mol. The van der Waals surface area contributed by atoms with E-state index in [4.69, 9.17) is 5.73 Å². The van der Waals surface area contributed by atoms with Crippen molar-refractivity contribution in [2.24, 2.45) is 7.05 Å². The van der Waals surface area contributed by atoms with Crippen molar-refractivity contribution in [3.63, 3.8) is 0 Å². The van der Waals surface area contributed by atoms with Gasteiger partial charge in [0, 0.05) is 24.7 Å². The van der Waals surface area contributed by atoms with Gasteiger partial charge in [-0.3, -0.25) is 4.68 Å². The van der Waals surface area contributed by atoms with Crippen molar-refractivity contribution in [3.8, 4) is 0 Å². The van der Waals surface area contributed by atoms with E-state index in [2.05, 4.69) is 10.3 Å². The minimum absolute atomic E-state index is 0.0511. The predicted octanol–water partition coefficient (Wildman–Crippen LogP) is 1.97. The highest BCUT2D eigenvalue weighted by molar-refractivity contribution is 7.98. The number of halogens is 2. The molecule has 0 unspecified atom stereocenters. The van der Waals surface area contributed by atoms with E-state index in [-0.39, 0.29) is 10.6 Å². The van der Waals surface area contributed by atoms with Crippen LogP contribution < -0.4 is 5.73 Å². The monoisotopic (exact) mass is 256 g/mol. The largest absolute Gasteiger partial charge is 0.399 e. The lowest BCUT2D eigenvalue weighted by atomic mass is 10.3. The standard InChI is InChI=1S/C10H10F2N4S/c1-16-4-7(14-15-16)5-17-10-8(11)2-6(13)3-9(10)12/h2-4H,5,13H2,1H3. The average Bonchev–Trinajstić information content (AvgIpc) is 2.62. The maximum Gasteiger partial charge on any atom is 0.141 e. The van der Waals surface area contributed by atoms with E-state index in [9.17, 15) is 8.78 Å². The van der Waals surface area contributed by atoms with Crippen molar-refractivity contribution in [3.05, 3.63) is 35.7 Å². The normalized spacial score (nSPS) is 10.8. The van der Waals surface area contributed by atoms with Gasteiger partial charge < -0.3 is 5.73 Å². The van der Waals surface area contributed by atoms with Crippen LogP contribution >= 0.6 is 11.8 Å². The van der Waals surface area contributed by atoms with E-state index in [1.165, 1.54) is 4.68 Å². The molecule has 7 heteroatoms. The topological polar surface area (TPSA) is 56.7 Å². The molecule has 2 rings (SSSR count). The summed E-state index contributed by atoms with van der Waals surface area (Å²) in [6.07, 6.45) is 1.69. The quantitative estimate of drug-likeness (QED) is 0.673. The molecule has 2 aromatic rings. The molecule has 0 bridgehead atoms. The van der Waals surface area contributed by atoms with Crippen molar-refractivity contribution in [1.29, 1.82) is 0 Å². The number of hydrogen-bond acceptors (Lipinski definition) is 4. The molecule has 0 fully saturated rings. The Bertz CT molecular complexity index is 518. The van der Waals surface area contributed by atoms with Crippen molar-refractivity contribution in [1.82, 2.24) is 15.0 Å². The number of nitrogens with zero attached hydrogens (tertiary/aromatic N) is 3. The zero-order valence-electron chi connectivity index (χ0n) is 9.02. The van der Waals surface area contributed by atoms with Crippen LogP contribution in [0.25, 0.3) is 0 Å². The molecule has 90 valence electrons. The van der Waals surface area contributed by atoms with Crippen LogP contribution in [0.2, 0.25) is 0 Å². The fraction of sp³-hybridized carbons (Fsp3) is 0.200. The fourth-order valence-corrected chi connectivity index (χ4v) is 2.14. The van der Waals surface area contributed by atoms with Gasteiger partial charge in [0.1, 0.15) is 11.6 Å². The SMILES string of the molecule is Cn1cc(CSc2c(F)cc(N)cc2F)nn1. The molecule has 0 saturated heterocycles. The molecule has 4 nitrogen and oxygen atoms in total. The first-order valence-corrected chi connectivity index (χ1v) is 5.77. The zero-order valence-corrected chi connectivity index (χ0v) is 9.84. The maximum atomic E-state index is 13.4. The molecule has 0 aliphatic heterocycles. The first-order valence-electron chi connectivity index (χ1n) is 4.79. The summed E-state index contributed by atoms with van der Waals surface area (Å²) in [5.41, 5.74) is 6.06. The first-order chi connectivity index (χ1) is 8.06. The Morgan fingerprint density at radius 1 is 1.35 bits per heavy atom. The summed E-state index contributed by atoms with van der Waals surface area (Å²) < 4.78 is 28.4. The van der Waals surface area contributed by atoms with Crippen LogP contribution in [0.3, 0.4) is 0 Å². The van der Waals surface area contributed by atoms with Gasteiger partial charge in [0.05, 0.1) is 10.6 Å². The van der Waals surface area contributed by atoms with Crippen molar-refractivity contribution in [2.45, 2.75) is 10.6 Å². The number of hydrogen-bond donors (Lipinski definition) is 1. The van der Waals surface area contributed by atoms with Crippen LogP contribution in [-0.4, -0.2) is 15.0 Å². The molecular weight excluding hydrogens is 246 g/mol. The number of rotatable bonds is 3. The van der Waals surface area contributed by atoms with Crippen LogP contribution in [0, 0.1) is 11.6 Å². The molecular formula is C10H10F2N4S. The Labute approximate surface area is 101 Å². The van der Waals surface area contributed by atoms with Gasteiger partial charge in [0.2, 0.25) is 0 Å². The lowest BCUT2D eigenvalue weighted by molar-refractivity contribution is 0.542. The van der Waals surface area contributed by atoms with Crippen molar-refractivity contribution >= 4 is 17.4 Å². The van der Waals surface area contributed by atoms with E-state index in [1.54, 1.807) is 13.2 Å². The second kappa shape index (κ2) is 4.70. The Hall–Kier alpha value is -1.63. The third-order valence-corrected chi connectivity index (χ3v) is 3.15. The summed E-state index contributed by atoms with van der Waals surface area (Å²) >= 11 is 1.03. The molecule has 0 aliphatic rings. The highest BCUT2D eigenvalue weighted by Crippen LogP contribution is 2.29. The van der Waals surface area contributed by atoms with Crippen LogP contribution in [0.15, 0.2) is 23.2 Å². The molecule has 1 heterocycles. The molecule has 0 aliphatic carbocycles. The van der Waals surface area contributed by atoms with Gasteiger partial charge >= 0.3 is 0 Å². The summed E-state index contributed by atoms with van der Waals surface area (Å²) in [7, 11) is 1.73. The van der Waals surface area contributed by atoms with Crippen LogP contribution in [0.1, 0.15) is 5.69 Å². The van der Waals surface area contributed by atoms with Gasteiger partial charge in [-0.05, 0) is 12.1 Å². The number of aromatic nitrogens is 3. The van der Waals surface area contributed by atoms with Gasteiger partial charge in [-0.1, -0.05) is 5.21 Å². The summed E-state index contributed by atoms with van der Waals surface area (Å²) in [6, 6.07) is 2.20. The van der Waals surface area contributed by atoms with E-state index in [1.807, 2.05) is 0 Å². The number of benzene rings is 1. The Kier molecular flexibility index (Phi) is 3.28. The highest BCUT2D eigenvalue weighted by atomic mass is 32.2. The van der Waals surface area contributed by atoms with Gasteiger partial charge in [0.25, 0.3) is 0 Å². The number of anilines is 1. The lowest BCUT2D eigenvalue weighted by Gasteiger charge is -2.04. The highest BCUT2D eigenvalue weighted by Gasteiger charge is 2.11. The van der Waals surface area contributed by atoms with Crippen LogP contribution in [0.4, 0.5) is 14.5 Å². The van der Waals surface area contributed by atoms with Gasteiger partial charge in [0.15, 0.2) is 0 Å². The number of nitrogen functional groups attached to an aromatic ring is 1. The molecule has 0 atom stereocenters. The van der Waals surface area contributed by atoms with Gasteiger partial charge in [-0.15, -0.1) is 16.9 Å². The molecule has 0 radical (unpaired) electrons.